The van der Waals surface area contributed by atoms with Crippen LogP contribution in [0.15, 0.2) is 42.5 Å². The van der Waals surface area contributed by atoms with Gasteiger partial charge in [-0.2, -0.15) is 0 Å². The van der Waals surface area contributed by atoms with Gasteiger partial charge >= 0.3 is 0 Å². The molecule has 16 heavy (non-hydrogen) atoms. The van der Waals surface area contributed by atoms with Crippen LogP contribution in [-0.4, -0.2) is 23.3 Å². The third-order valence-corrected chi connectivity index (χ3v) is 2.58. The minimum atomic E-state index is -0.946. The van der Waals surface area contributed by atoms with Crippen molar-refractivity contribution in [3.8, 4) is 0 Å². The smallest absolute Gasteiger partial charge is 0.184 e. The number of hydrogen-bond donors (Lipinski definition) is 1. The van der Waals surface area contributed by atoms with E-state index in [2.05, 4.69) is 0 Å². The van der Waals surface area contributed by atoms with Crippen molar-refractivity contribution in [3.63, 3.8) is 0 Å². The van der Waals surface area contributed by atoms with Crippen LogP contribution in [0, 0.1) is 0 Å². The van der Waals surface area contributed by atoms with Gasteiger partial charge in [-0.25, -0.2) is 0 Å². The molecule has 0 aliphatic carbocycles. The second-order valence-corrected chi connectivity index (χ2v) is 3.80. The van der Waals surface area contributed by atoms with Crippen LogP contribution >= 0.6 is 0 Å². The molecule has 0 bridgehead atoms. The Bertz CT molecular complexity index is 383. The maximum atomic E-state index is 11.4. The lowest BCUT2D eigenvalue weighted by molar-refractivity contribution is -0.148. The lowest BCUT2D eigenvalue weighted by atomic mass is 10.0. The molecule has 0 radical (unpaired) electrons. The highest BCUT2D eigenvalue weighted by molar-refractivity contribution is 5.94. The molecule has 0 saturated heterocycles. The third-order valence-electron chi connectivity index (χ3n) is 2.58. The van der Waals surface area contributed by atoms with Gasteiger partial charge in [-0.05, 0) is 30.6 Å². The van der Waals surface area contributed by atoms with Crippen molar-refractivity contribution in [1.29, 1.82) is 0 Å². The minimum absolute atomic E-state index is 0.0683. The van der Waals surface area contributed by atoms with Crippen molar-refractivity contribution in [2.24, 2.45) is 0 Å². The fraction of sp³-hybridized carbons (Fsp3) is 0.308. The van der Waals surface area contributed by atoms with Crippen LogP contribution < -0.4 is 0 Å². The van der Waals surface area contributed by atoms with Gasteiger partial charge in [0.2, 0.25) is 0 Å². The minimum Gasteiger partial charge on any atom is -0.365 e. The van der Waals surface area contributed by atoms with Crippen molar-refractivity contribution in [1.82, 2.24) is 0 Å². The first-order chi connectivity index (χ1) is 7.75. The number of hydrogen-bond acceptors (Lipinski definition) is 3. The Morgan fingerprint density at radius 1 is 1.25 bits per heavy atom. The van der Waals surface area contributed by atoms with E-state index < -0.39 is 12.4 Å². The largest absolute Gasteiger partial charge is 0.365 e. The van der Waals surface area contributed by atoms with Gasteiger partial charge in [0.1, 0.15) is 6.10 Å². The summed E-state index contributed by atoms with van der Waals surface area (Å²) in [6.45, 7) is 0. The highest BCUT2D eigenvalue weighted by Gasteiger charge is 2.23. The van der Waals surface area contributed by atoms with E-state index in [0.29, 0.717) is 6.42 Å². The van der Waals surface area contributed by atoms with Crippen LogP contribution in [0.2, 0.25) is 0 Å². The molecule has 1 aliphatic heterocycles. The fourth-order valence-corrected chi connectivity index (χ4v) is 1.72. The maximum absolute atomic E-state index is 11.4. The summed E-state index contributed by atoms with van der Waals surface area (Å²) in [5.74, 6) is -0.0683. The van der Waals surface area contributed by atoms with Crippen LogP contribution in [0.3, 0.4) is 0 Å². The van der Waals surface area contributed by atoms with Crippen LogP contribution in [-0.2, 0) is 16.0 Å². The van der Waals surface area contributed by atoms with Crippen molar-refractivity contribution in [2.75, 3.05) is 0 Å². The van der Waals surface area contributed by atoms with Gasteiger partial charge in [0, 0.05) is 0 Å². The first-order valence-electron chi connectivity index (χ1n) is 5.35. The van der Waals surface area contributed by atoms with Gasteiger partial charge in [0.15, 0.2) is 12.1 Å². The second-order valence-electron chi connectivity index (χ2n) is 3.80. The fourth-order valence-electron chi connectivity index (χ4n) is 1.72. The summed E-state index contributed by atoms with van der Waals surface area (Å²) in [6.07, 6.45) is 2.67. The van der Waals surface area contributed by atoms with Gasteiger partial charge in [-0.3, -0.25) is 4.79 Å². The highest BCUT2D eigenvalue weighted by atomic mass is 16.6. The molecule has 0 aromatic heterocycles. The Morgan fingerprint density at radius 2 is 2.00 bits per heavy atom. The number of ketones is 1. The van der Waals surface area contributed by atoms with E-state index >= 15 is 0 Å². The molecule has 2 unspecified atom stereocenters. The van der Waals surface area contributed by atoms with Crippen molar-refractivity contribution in [3.05, 3.63) is 48.0 Å². The number of rotatable bonds is 3. The van der Waals surface area contributed by atoms with Crippen molar-refractivity contribution < 1.29 is 14.6 Å². The van der Waals surface area contributed by atoms with Crippen LogP contribution in [0.1, 0.15) is 12.0 Å². The Hall–Kier alpha value is -1.45. The number of aryl methyl sites for hydroxylation is 1. The zero-order valence-electron chi connectivity index (χ0n) is 8.87. The zero-order valence-corrected chi connectivity index (χ0v) is 8.87. The lowest BCUT2D eigenvalue weighted by Crippen LogP contribution is -2.31. The maximum Gasteiger partial charge on any atom is 0.184 e. The molecule has 2 rings (SSSR count). The number of aliphatic hydroxyl groups is 1. The van der Waals surface area contributed by atoms with E-state index in [4.69, 9.17) is 4.74 Å². The Kier molecular flexibility index (Phi) is 3.49. The van der Waals surface area contributed by atoms with Gasteiger partial charge in [-0.15, -0.1) is 0 Å². The van der Waals surface area contributed by atoms with Crippen molar-refractivity contribution in [2.45, 2.75) is 25.2 Å². The summed E-state index contributed by atoms with van der Waals surface area (Å²) in [6, 6.07) is 9.92. The molecule has 1 aliphatic rings. The van der Waals surface area contributed by atoms with Crippen molar-refractivity contribution >= 4 is 5.78 Å². The Labute approximate surface area is 94.4 Å². The van der Waals surface area contributed by atoms with Crippen LogP contribution in [0.4, 0.5) is 0 Å². The topological polar surface area (TPSA) is 46.5 Å². The molecule has 84 valence electrons. The number of benzene rings is 1. The monoisotopic (exact) mass is 218 g/mol. The van der Waals surface area contributed by atoms with Crippen LogP contribution in [0.5, 0.6) is 0 Å². The molecule has 0 spiro atoms. The van der Waals surface area contributed by atoms with E-state index in [1.807, 2.05) is 30.3 Å². The molecule has 0 fully saturated rings. The molecule has 2 atom stereocenters. The van der Waals surface area contributed by atoms with E-state index in [0.717, 1.165) is 6.42 Å². The molecule has 1 aromatic carbocycles. The Morgan fingerprint density at radius 3 is 2.75 bits per heavy atom. The zero-order chi connectivity index (χ0) is 11.4. The standard InChI is InChI=1S/C13H14O3/c14-11-7-9-13(15)16-12(11)8-6-10-4-2-1-3-5-10/h1-5,7,9,12-13,15H,6,8H2. The molecular weight excluding hydrogens is 204 g/mol. The highest BCUT2D eigenvalue weighted by Crippen LogP contribution is 2.14. The average molecular weight is 218 g/mol. The summed E-state index contributed by atoms with van der Waals surface area (Å²) in [5.41, 5.74) is 1.17. The number of ether oxygens (including phenoxy) is 1. The van der Waals surface area contributed by atoms with Gasteiger partial charge in [-0.1, -0.05) is 30.3 Å². The van der Waals surface area contributed by atoms with Crippen LogP contribution in [0.25, 0.3) is 0 Å². The second kappa shape index (κ2) is 5.05. The molecule has 3 nitrogen and oxygen atoms in total. The number of carbonyl (C=O) groups excluding carboxylic acids is 1. The molecular formula is C13H14O3. The van der Waals surface area contributed by atoms with E-state index in [1.165, 1.54) is 17.7 Å². The molecule has 0 saturated carbocycles. The van der Waals surface area contributed by atoms with Gasteiger partial charge in [0.05, 0.1) is 0 Å². The molecule has 1 aromatic rings. The molecule has 1 N–H and O–H groups in total. The summed E-state index contributed by atoms with van der Waals surface area (Å²) >= 11 is 0. The number of aliphatic hydroxyl groups excluding tert-OH is 1. The van der Waals surface area contributed by atoms with Gasteiger partial charge in [0.25, 0.3) is 0 Å². The normalized spacial score (nSPS) is 24.7. The van der Waals surface area contributed by atoms with E-state index in [1.54, 1.807) is 0 Å². The lowest BCUT2D eigenvalue weighted by Gasteiger charge is -2.21. The quantitative estimate of drug-likeness (QED) is 0.835. The predicted molar refractivity (Wildman–Crippen MR) is 59.8 cm³/mol. The molecule has 0 amide bonds. The average Bonchev–Trinajstić information content (AvgIpc) is 2.32. The summed E-state index contributed by atoms with van der Waals surface area (Å²) in [5, 5.41) is 9.23. The summed E-state index contributed by atoms with van der Waals surface area (Å²) in [4.78, 5) is 11.4. The molecule has 3 heteroatoms. The third kappa shape index (κ3) is 2.78. The predicted octanol–water partition coefficient (Wildman–Crippen LogP) is 1.46. The Balaban J connectivity index is 1.91. The van der Waals surface area contributed by atoms with E-state index in [9.17, 15) is 9.90 Å². The first kappa shape index (κ1) is 11.0. The molecule has 1 heterocycles. The summed E-state index contributed by atoms with van der Waals surface area (Å²) in [7, 11) is 0. The van der Waals surface area contributed by atoms with E-state index in [-0.39, 0.29) is 5.78 Å². The number of carbonyl (C=O) groups is 1. The van der Waals surface area contributed by atoms with Gasteiger partial charge < -0.3 is 9.84 Å². The summed E-state index contributed by atoms with van der Waals surface area (Å²) < 4.78 is 5.14. The first-order valence-corrected chi connectivity index (χ1v) is 5.35. The SMILES string of the molecule is O=C1C=CC(O)OC1CCc1ccccc1.